The number of para-hydroxylation sites is 1. The summed E-state index contributed by atoms with van der Waals surface area (Å²) in [6.45, 7) is 9.39. The monoisotopic (exact) mass is 375 g/mol. The fraction of sp³-hybridized carbons (Fsp3) is 0.400. The second kappa shape index (κ2) is 7.91. The maximum absolute atomic E-state index is 12.3. The van der Waals surface area contributed by atoms with Gasteiger partial charge in [0.2, 0.25) is 0 Å². The van der Waals surface area contributed by atoms with Crippen LogP contribution in [0.1, 0.15) is 40.2 Å². The van der Waals surface area contributed by atoms with E-state index in [0.29, 0.717) is 20.7 Å². The molecule has 0 bridgehead atoms. The van der Waals surface area contributed by atoms with Crippen LogP contribution in [-0.4, -0.2) is 24.0 Å². The SMILES string of the molecule is COc1cccc(/C=c2\s/c(=C\C(=O)C(C)(C)C)[nH]c2=O)c1OC(C)C. The van der Waals surface area contributed by atoms with E-state index in [1.807, 2.05) is 52.8 Å². The number of carbonyl (C=O) groups is 1. The molecule has 2 aromatic rings. The number of rotatable bonds is 5. The third kappa shape index (κ3) is 4.85. The van der Waals surface area contributed by atoms with Crippen molar-refractivity contribution in [3.8, 4) is 11.5 Å². The quantitative estimate of drug-likeness (QED) is 0.872. The lowest BCUT2D eigenvalue weighted by molar-refractivity contribution is -0.119. The average molecular weight is 375 g/mol. The smallest absolute Gasteiger partial charge is 0.266 e. The van der Waals surface area contributed by atoms with E-state index in [2.05, 4.69) is 4.98 Å². The number of ether oxygens (including phenoxy) is 2. The van der Waals surface area contributed by atoms with E-state index in [-0.39, 0.29) is 17.4 Å². The average Bonchev–Trinajstić information content (AvgIpc) is 2.87. The van der Waals surface area contributed by atoms with E-state index in [0.717, 1.165) is 5.56 Å². The highest BCUT2D eigenvalue weighted by molar-refractivity contribution is 7.07. The number of hydrogen-bond acceptors (Lipinski definition) is 5. The van der Waals surface area contributed by atoms with E-state index in [4.69, 9.17) is 9.47 Å². The van der Waals surface area contributed by atoms with Gasteiger partial charge in [-0.05, 0) is 26.0 Å². The summed E-state index contributed by atoms with van der Waals surface area (Å²) in [7, 11) is 1.58. The van der Waals surface area contributed by atoms with E-state index in [9.17, 15) is 9.59 Å². The van der Waals surface area contributed by atoms with Crippen LogP contribution >= 0.6 is 11.3 Å². The summed E-state index contributed by atoms with van der Waals surface area (Å²) in [5.74, 6) is 1.16. The van der Waals surface area contributed by atoms with Crippen molar-refractivity contribution in [3.05, 3.63) is 43.3 Å². The molecule has 0 unspecified atom stereocenters. The van der Waals surface area contributed by atoms with Crippen LogP contribution in [0.5, 0.6) is 11.5 Å². The molecule has 0 spiro atoms. The molecule has 0 aliphatic heterocycles. The molecular formula is C20H25NO4S. The lowest BCUT2D eigenvalue weighted by Crippen LogP contribution is -2.22. The normalized spacial score (nSPS) is 13.3. The molecule has 0 saturated heterocycles. The number of carbonyl (C=O) groups excluding carboxylic acids is 1. The van der Waals surface area contributed by atoms with Crippen LogP contribution in [-0.2, 0) is 4.79 Å². The van der Waals surface area contributed by atoms with Crippen LogP contribution in [0.25, 0.3) is 12.2 Å². The summed E-state index contributed by atoms with van der Waals surface area (Å²) in [4.78, 5) is 27.2. The number of Topliss-reactive ketones (excluding diaryl/α,β-unsaturated/α-hetero) is 1. The Morgan fingerprint density at radius 1 is 1.27 bits per heavy atom. The van der Waals surface area contributed by atoms with Gasteiger partial charge in [0, 0.05) is 17.1 Å². The summed E-state index contributed by atoms with van der Waals surface area (Å²) in [6.07, 6.45) is 3.21. The standard InChI is InChI=1S/C20H25NO4S/c1-12(2)25-18-13(8-7-9-14(18)24-6)10-15-19(23)21-17(26-15)11-16(22)20(3,4)5/h7-12H,1-6H3,(H,21,23)/b15-10-,17-11-. The molecule has 6 heteroatoms. The second-order valence-electron chi connectivity index (χ2n) is 7.23. The number of thiazole rings is 1. The van der Waals surface area contributed by atoms with Gasteiger partial charge in [-0.2, -0.15) is 0 Å². The van der Waals surface area contributed by atoms with Crippen molar-refractivity contribution in [2.24, 2.45) is 5.41 Å². The first kappa shape index (κ1) is 20.0. The predicted octanol–water partition coefficient (Wildman–Crippen LogP) is 2.46. The van der Waals surface area contributed by atoms with Crippen LogP contribution in [0.3, 0.4) is 0 Å². The van der Waals surface area contributed by atoms with Crippen molar-refractivity contribution in [3.63, 3.8) is 0 Å². The summed E-state index contributed by atoms with van der Waals surface area (Å²) < 4.78 is 12.3. The van der Waals surface area contributed by atoms with Crippen LogP contribution in [0.4, 0.5) is 0 Å². The molecule has 0 aliphatic carbocycles. The molecule has 0 amide bonds. The third-order valence-corrected chi connectivity index (χ3v) is 4.51. The Balaban J connectivity index is 2.57. The van der Waals surface area contributed by atoms with Gasteiger partial charge in [-0.3, -0.25) is 9.59 Å². The van der Waals surface area contributed by atoms with Crippen molar-refractivity contribution in [1.82, 2.24) is 4.98 Å². The van der Waals surface area contributed by atoms with Gasteiger partial charge in [0.25, 0.3) is 5.56 Å². The Hall–Kier alpha value is -2.34. The Kier molecular flexibility index (Phi) is 6.08. The number of hydrogen-bond donors (Lipinski definition) is 1. The lowest BCUT2D eigenvalue weighted by Gasteiger charge is -2.15. The maximum Gasteiger partial charge on any atom is 0.266 e. The van der Waals surface area contributed by atoms with Gasteiger partial charge in [-0.15, -0.1) is 11.3 Å². The van der Waals surface area contributed by atoms with Crippen LogP contribution in [0.2, 0.25) is 0 Å². The topological polar surface area (TPSA) is 68.4 Å². The minimum absolute atomic E-state index is 0.0339. The number of benzene rings is 1. The zero-order valence-electron chi connectivity index (χ0n) is 16.0. The molecule has 26 heavy (non-hydrogen) atoms. The number of ketones is 1. The molecular weight excluding hydrogens is 350 g/mol. The van der Waals surface area contributed by atoms with Gasteiger partial charge in [-0.25, -0.2) is 0 Å². The fourth-order valence-electron chi connectivity index (χ4n) is 2.17. The highest BCUT2D eigenvalue weighted by Crippen LogP contribution is 2.32. The fourth-order valence-corrected chi connectivity index (χ4v) is 3.05. The van der Waals surface area contributed by atoms with Crippen molar-refractivity contribution >= 4 is 29.3 Å². The van der Waals surface area contributed by atoms with Gasteiger partial charge >= 0.3 is 0 Å². The zero-order chi connectivity index (χ0) is 19.5. The summed E-state index contributed by atoms with van der Waals surface area (Å²) in [5.41, 5.74) is 0.0240. The second-order valence-corrected chi connectivity index (χ2v) is 8.32. The molecule has 0 radical (unpaired) electrons. The van der Waals surface area contributed by atoms with E-state index >= 15 is 0 Å². The van der Waals surface area contributed by atoms with E-state index in [1.165, 1.54) is 17.4 Å². The van der Waals surface area contributed by atoms with E-state index in [1.54, 1.807) is 13.2 Å². The molecule has 0 fully saturated rings. The number of aromatic amines is 1. The van der Waals surface area contributed by atoms with Gasteiger partial charge in [0.15, 0.2) is 17.3 Å². The van der Waals surface area contributed by atoms with Crippen molar-refractivity contribution in [2.45, 2.75) is 40.7 Å². The highest BCUT2D eigenvalue weighted by atomic mass is 32.1. The molecule has 2 rings (SSSR count). The van der Waals surface area contributed by atoms with Gasteiger partial charge in [-0.1, -0.05) is 32.9 Å². The Bertz CT molecular complexity index is 961. The first-order valence-electron chi connectivity index (χ1n) is 8.42. The number of nitrogens with one attached hydrogen (secondary N) is 1. The van der Waals surface area contributed by atoms with Gasteiger partial charge in [0.05, 0.1) is 22.4 Å². The largest absolute Gasteiger partial charge is 0.493 e. The number of aromatic nitrogens is 1. The Morgan fingerprint density at radius 3 is 2.54 bits per heavy atom. The van der Waals surface area contributed by atoms with Crippen LogP contribution < -0.4 is 24.2 Å². The molecule has 5 nitrogen and oxygen atoms in total. The summed E-state index contributed by atoms with van der Waals surface area (Å²) in [6, 6.07) is 5.52. The van der Waals surface area contributed by atoms with Crippen molar-refractivity contribution < 1.29 is 14.3 Å². The molecule has 1 N–H and O–H groups in total. The number of H-pyrrole nitrogens is 1. The number of methoxy groups -OCH3 is 1. The molecule has 0 atom stereocenters. The molecule has 0 aliphatic rings. The minimum Gasteiger partial charge on any atom is -0.493 e. The van der Waals surface area contributed by atoms with Gasteiger partial charge in [0.1, 0.15) is 0 Å². The third-order valence-electron chi connectivity index (χ3n) is 3.55. The highest BCUT2D eigenvalue weighted by Gasteiger charge is 2.18. The molecule has 140 valence electrons. The molecule has 1 aromatic carbocycles. The molecule has 1 aromatic heterocycles. The molecule has 1 heterocycles. The van der Waals surface area contributed by atoms with Crippen molar-refractivity contribution in [2.75, 3.05) is 7.11 Å². The lowest BCUT2D eigenvalue weighted by atomic mass is 9.91. The predicted molar refractivity (Wildman–Crippen MR) is 105 cm³/mol. The van der Waals surface area contributed by atoms with Crippen LogP contribution in [0.15, 0.2) is 23.0 Å². The maximum atomic E-state index is 12.3. The van der Waals surface area contributed by atoms with E-state index < -0.39 is 5.41 Å². The summed E-state index contributed by atoms with van der Waals surface area (Å²) in [5, 5.41) is 0. The first-order valence-corrected chi connectivity index (χ1v) is 9.24. The first-order chi connectivity index (χ1) is 12.1. The Morgan fingerprint density at radius 2 is 1.96 bits per heavy atom. The summed E-state index contributed by atoms with van der Waals surface area (Å²) >= 11 is 1.24. The molecule has 0 saturated carbocycles. The van der Waals surface area contributed by atoms with Crippen molar-refractivity contribution in [1.29, 1.82) is 0 Å². The van der Waals surface area contributed by atoms with Crippen LogP contribution in [0, 0.1) is 5.41 Å². The Labute approximate surface area is 157 Å². The minimum atomic E-state index is -0.490. The van der Waals surface area contributed by atoms with Gasteiger partial charge < -0.3 is 14.5 Å². The zero-order valence-corrected chi connectivity index (χ0v) is 16.8.